The molecule has 1 aliphatic rings. The van der Waals surface area contributed by atoms with Crippen molar-refractivity contribution >= 4 is 35.1 Å². The van der Waals surface area contributed by atoms with Crippen molar-refractivity contribution in [2.24, 2.45) is 0 Å². The number of carbonyl (C=O) groups is 3. The smallest absolute Gasteiger partial charge is 0.325 e. The van der Waals surface area contributed by atoms with Crippen molar-refractivity contribution in [3.8, 4) is 6.07 Å². The number of rotatable bonds is 5. The number of hydrogen-bond donors (Lipinski definition) is 2. The molecular weight excluding hydrogens is 380 g/mol. The first-order chi connectivity index (χ1) is 13.3. The third-order valence-corrected chi connectivity index (χ3v) is 4.84. The largest absolute Gasteiger partial charge is 0.325 e. The highest BCUT2D eigenvalue weighted by atomic mass is 35.5. The second-order valence-corrected chi connectivity index (χ2v) is 6.91. The molecule has 7 nitrogen and oxygen atoms in total. The van der Waals surface area contributed by atoms with E-state index in [0.717, 1.165) is 10.5 Å². The number of nitriles is 1. The highest BCUT2D eigenvalue weighted by Gasteiger charge is 2.50. The van der Waals surface area contributed by atoms with Gasteiger partial charge in [0.1, 0.15) is 12.1 Å². The first-order valence-corrected chi connectivity index (χ1v) is 8.88. The molecule has 1 aliphatic heterocycles. The second kappa shape index (κ2) is 7.71. The van der Waals surface area contributed by atoms with Crippen LogP contribution in [0.5, 0.6) is 0 Å². The van der Waals surface area contributed by atoms with Gasteiger partial charge in [-0.15, -0.1) is 0 Å². The Kier molecular flexibility index (Phi) is 5.34. The van der Waals surface area contributed by atoms with E-state index >= 15 is 0 Å². The highest BCUT2D eigenvalue weighted by Crippen LogP contribution is 2.33. The molecule has 2 N–H and O–H groups in total. The number of nitrogens with one attached hydrogen (secondary N) is 2. The van der Waals surface area contributed by atoms with Crippen molar-refractivity contribution < 1.29 is 14.4 Å². The Labute approximate surface area is 166 Å². The predicted molar refractivity (Wildman–Crippen MR) is 103 cm³/mol. The first kappa shape index (κ1) is 19.4. The fourth-order valence-electron chi connectivity index (χ4n) is 3.03. The number of carbonyl (C=O) groups excluding carboxylic acids is 3. The monoisotopic (exact) mass is 396 g/mol. The summed E-state index contributed by atoms with van der Waals surface area (Å²) in [7, 11) is 0. The lowest BCUT2D eigenvalue weighted by Crippen LogP contribution is -2.42. The molecule has 0 aromatic heterocycles. The van der Waals surface area contributed by atoms with Crippen LogP contribution in [-0.4, -0.2) is 29.3 Å². The van der Waals surface area contributed by atoms with Crippen molar-refractivity contribution in [2.45, 2.75) is 18.9 Å². The van der Waals surface area contributed by atoms with E-state index in [0.29, 0.717) is 16.3 Å². The zero-order valence-corrected chi connectivity index (χ0v) is 15.8. The van der Waals surface area contributed by atoms with Gasteiger partial charge in [0.25, 0.3) is 5.91 Å². The molecule has 0 spiro atoms. The molecule has 0 bridgehead atoms. The average molecular weight is 397 g/mol. The summed E-state index contributed by atoms with van der Waals surface area (Å²) >= 11 is 6.18. The van der Waals surface area contributed by atoms with Gasteiger partial charge in [-0.25, -0.2) is 4.79 Å². The maximum Gasteiger partial charge on any atom is 0.325 e. The molecule has 0 saturated carbocycles. The molecule has 1 saturated heterocycles. The van der Waals surface area contributed by atoms with Gasteiger partial charge in [-0.2, -0.15) is 5.26 Å². The van der Waals surface area contributed by atoms with Crippen molar-refractivity contribution in [1.82, 2.24) is 10.2 Å². The summed E-state index contributed by atoms with van der Waals surface area (Å²) in [6.45, 7) is 1.13. The summed E-state index contributed by atoms with van der Waals surface area (Å²) in [6.07, 6.45) is 0.275. The van der Waals surface area contributed by atoms with Crippen LogP contribution >= 0.6 is 11.6 Å². The van der Waals surface area contributed by atoms with Gasteiger partial charge < -0.3 is 10.6 Å². The lowest BCUT2D eigenvalue weighted by molar-refractivity contribution is -0.133. The fourth-order valence-corrected chi connectivity index (χ4v) is 3.36. The molecule has 28 heavy (non-hydrogen) atoms. The number of benzene rings is 2. The maximum atomic E-state index is 12.9. The summed E-state index contributed by atoms with van der Waals surface area (Å²) in [6, 6.07) is 14.9. The van der Waals surface area contributed by atoms with Gasteiger partial charge in [0.15, 0.2) is 0 Å². The maximum absolute atomic E-state index is 12.9. The van der Waals surface area contributed by atoms with Crippen molar-refractivity contribution in [2.75, 3.05) is 11.9 Å². The molecule has 8 heteroatoms. The Bertz CT molecular complexity index is 984. The number of amides is 4. The van der Waals surface area contributed by atoms with Gasteiger partial charge in [-0.3, -0.25) is 14.5 Å². The van der Waals surface area contributed by atoms with Crippen LogP contribution in [0.25, 0.3) is 0 Å². The first-order valence-electron chi connectivity index (χ1n) is 8.50. The lowest BCUT2D eigenvalue weighted by Gasteiger charge is -2.23. The normalized spacial score (nSPS) is 18.5. The van der Waals surface area contributed by atoms with Gasteiger partial charge >= 0.3 is 6.03 Å². The van der Waals surface area contributed by atoms with Crippen LogP contribution in [-0.2, 0) is 21.5 Å². The zero-order valence-electron chi connectivity index (χ0n) is 15.0. The van der Waals surface area contributed by atoms with Gasteiger partial charge in [0, 0.05) is 16.3 Å². The minimum Gasteiger partial charge on any atom is -0.325 e. The van der Waals surface area contributed by atoms with Crippen molar-refractivity contribution in [3.05, 3.63) is 64.7 Å². The molecule has 2 aromatic rings. The average Bonchev–Trinajstić information content (AvgIpc) is 2.88. The summed E-state index contributed by atoms with van der Waals surface area (Å²) in [5.41, 5.74) is 0.456. The Morgan fingerprint density at radius 1 is 1.21 bits per heavy atom. The summed E-state index contributed by atoms with van der Waals surface area (Å²) < 4.78 is 0. The summed E-state index contributed by atoms with van der Waals surface area (Å²) in [5, 5.41) is 14.3. The predicted octanol–water partition coefficient (Wildman–Crippen LogP) is 2.81. The van der Waals surface area contributed by atoms with Gasteiger partial charge in [0.2, 0.25) is 5.91 Å². The Hall–Kier alpha value is -3.37. The Morgan fingerprint density at radius 3 is 2.54 bits per heavy atom. The molecule has 2 aromatic carbocycles. The second-order valence-electron chi connectivity index (χ2n) is 6.51. The molecule has 1 atom stereocenters. The van der Waals surface area contributed by atoms with E-state index in [2.05, 4.69) is 10.6 Å². The van der Waals surface area contributed by atoms with E-state index in [-0.39, 0.29) is 6.42 Å². The number of anilines is 1. The van der Waals surface area contributed by atoms with E-state index in [1.54, 1.807) is 55.5 Å². The molecule has 1 heterocycles. The topological polar surface area (TPSA) is 102 Å². The third-order valence-electron chi connectivity index (χ3n) is 4.51. The third kappa shape index (κ3) is 3.68. The van der Waals surface area contributed by atoms with Crippen LogP contribution in [0.3, 0.4) is 0 Å². The molecule has 0 aliphatic carbocycles. The van der Waals surface area contributed by atoms with Gasteiger partial charge in [-0.05, 0) is 30.7 Å². The Balaban J connectivity index is 1.71. The SMILES string of the molecule is C[C@@]1(c2ccccc2Cl)NC(=O)N(CC(=O)Nc2ccc(CC#N)cc2)C1=O. The van der Waals surface area contributed by atoms with Crippen LogP contribution in [0.2, 0.25) is 5.02 Å². The van der Waals surface area contributed by atoms with Crippen molar-refractivity contribution in [3.63, 3.8) is 0 Å². The molecular formula is C20H17ClN4O3. The van der Waals surface area contributed by atoms with E-state index < -0.39 is 29.9 Å². The highest BCUT2D eigenvalue weighted by molar-refractivity contribution is 6.32. The van der Waals surface area contributed by atoms with Crippen LogP contribution in [0.15, 0.2) is 48.5 Å². The standard InChI is InChI=1S/C20H17ClN4O3/c1-20(15-4-2-3-5-16(15)21)18(27)25(19(28)24-20)12-17(26)23-14-8-6-13(7-9-14)10-11-22/h2-9H,10,12H2,1H3,(H,23,26)(H,24,28)/t20-/m0/s1. The number of halogens is 1. The Morgan fingerprint density at radius 2 is 1.89 bits per heavy atom. The quantitative estimate of drug-likeness (QED) is 0.758. The van der Waals surface area contributed by atoms with E-state index in [9.17, 15) is 14.4 Å². The summed E-state index contributed by atoms with van der Waals surface area (Å²) in [5.74, 6) is -1.06. The van der Waals surface area contributed by atoms with Crippen LogP contribution in [0.1, 0.15) is 18.1 Å². The van der Waals surface area contributed by atoms with Crippen LogP contribution in [0.4, 0.5) is 10.5 Å². The molecule has 4 amide bonds. The van der Waals surface area contributed by atoms with Gasteiger partial charge in [-0.1, -0.05) is 41.9 Å². The van der Waals surface area contributed by atoms with E-state index in [1.807, 2.05) is 6.07 Å². The number of hydrogen-bond acceptors (Lipinski definition) is 4. The molecule has 0 unspecified atom stereocenters. The number of nitrogens with zero attached hydrogens (tertiary/aromatic N) is 2. The van der Waals surface area contributed by atoms with Crippen LogP contribution < -0.4 is 10.6 Å². The van der Waals surface area contributed by atoms with Gasteiger partial charge in [0.05, 0.1) is 12.5 Å². The zero-order chi connectivity index (χ0) is 20.3. The number of urea groups is 1. The molecule has 3 rings (SSSR count). The van der Waals surface area contributed by atoms with Crippen LogP contribution in [0, 0.1) is 11.3 Å². The van der Waals surface area contributed by atoms with E-state index in [1.165, 1.54) is 0 Å². The summed E-state index contributed by atoms with van der Waals surface area (Å²) in [4.78, 5) is 38.4. The van der Waals surface area contributed by atoms with Crippen molar-refractivity contribution in [1.29, 1.82) is 5.26 Å². The van der Waals surface area contributed by atoms with E-state index in [4.69, 9.17) is 16.9 Å². The molecule has 1 fully saturated rings. The molecule has 0 radical (unpaired) electrons. The lowest BCUT2D eigenvalue weighted by atomic mass is 9.92. The minimum atomic E-state index is -1.34. The fraction of sp³-hybridized carbons (Fsp3) is 0.200. The minimum absolute atomic E-state index is 0.275. The number of imide groups is 1. The molecule has 142 valence electrons.